The summed E-state index contributed by atoms with van der Waals surface area (Å²) >= 11 is 1.36. The lowest BCUT2D eigenvalue weighted by atomic mass is 10.0. The van der Waals surface area contributed by atoms with Gasteiger partial charge in [-0.05, 0) is 56.5 Å². The number of carbonyl (C=O) groups is 2. The third kappa shape index (κ3) is 5.54. The maximum atomic E-state index is 13.0. The van der Waals surface area contributed by atoms with Gasteiger partial charge in [0.1, 0.15) is 10.8 Å². The molecule has 1 aromatic heterocycles. The Bertz CT molecular complexity index is 1090. The minimum absolute atomic E-state index is 0.0212. The SMILES string of the molecule is COC(=O)c1c(NC(=O)CCCS(=O)(=O)c2ccc(F)cc2)sc2c1CCN(C(C)C)C2. The lowest BCUT2D eigenvalue weighted by molar-refractivity contribution is -0.116. The molecule has 1 amide bonds. The molecule has 0 fully saturated rings. The first-order chi connectivity index (χ1) is 15.1. The van der Waals surface area contributed by atoms with Gasteiger partial charge in [-0.25, -0.2) is 17.6 Å². The summed E-state index contributed by atoms with van der Waals surface area (Å²) in [5, 5.41) is 3.22. The average molecular weight is 483 g/mol. The highest BCUT2D eigenvalue weighted by atomic mass is 32.2. The zero-order valence-electron chi connectivity index (χ0n) is 18.3. The van der Waals surface area contributed by atoms with Crippen LogP contribution in [0.4, 0.5) is 9.39 Å². The van der Waals surface area contributed by atoms with Gasteiger partial charge in [0, 0.05) is 30.4 Å². The predicted octanol–water partition coefficient (Wildman–Crippen LogP) is 3.63. The quantitative estimate of drug-likeness (QED) is 0.456. The van der Waals surface area contributed by atoms with E-state index in [-0.39, 0.29) is 29.4 Å². The highest BCUT2D eigenvalue weighted by Gasteiger charge is 2.30. The van der Waals surface area contributed by atoms with Crippen LogP contribution in [0.15, 0.2) is 29.2 Å². The minimum Gasteiger partial charge on any atom is -0.465 e. The molecule has 1 aromatic carbocycles. The van der Waals surface area contributed by atoms with Crippen LogP contribution in [0, 0.1) is 5.82 Å². The zero-order valence-corrected chi connectivity index (χ0v) is 19.9. The molecular weight excluding hydrogens is 455 g/mol. The number of fused-ring (bicyclic) bond motifs is 1. The van der Waals surface area contributed by atoms with Gasteiger partial charge in [-0.1, -0.05) is 0 Å². The standard InChI is InChI=1S/C22H27FN2O5S2/c1-14(2)25-11-10-17-18(13-25)31-21(20(17)22(27)30-3)24-19(26)5-4-12-32(28,29)16-8-6-15(23)7-9-16/h6-9,14H,4-5,10-13H2,1-3H3,(H,24,26). The Morgan fingerprint density at radius 2 is 1.94 bits per heavy atom. The van der Waals surface area contributed by atoms with Gasteiger partial charge < -0.3 is 10.1 Å². The second-order valence-electron chi connectivity index (χ2n) is 7.94. The van der Waals surface area contributed by atoms with Crippen molar-refractivity contribution in [2.24, 2.45) is 0 Å². The van der Waals surface area contributed by atoms with Crippen LogP contribution >= 0.6 is 11.3 Å². The van der Waals surface area contributed by atoms with Gasteiger partial charge in [-0.3, -0.25) is 9.69 Å². The third-order valence-electron chi connectivity index (χ3n) is 5.45. The van der Waals surface area contributed by atoms with Crippen LogP contribution in [0.2, 0.25) is 0 Å². The van der Waals surface area contributed by atoms with E-state index in [1.165, 1.54) is 30.6 Å². The minimum atomic E-state index is -3.61. The summed E-state index contributed by atoms with van der Waals surface area (Å²) in [4.78, 5) is 28.3. The third-order valence-corrected chi connectivity index (χ3v) is 8.40. The van der Waals surface area contributed by atoms with Gasteiger partial charge >= 0.3 is 5.97 Å². The van der Waals surface area contributed by atoms with Crippen LogP contribution in [0.25, 0.3) is 0 Å². The van der Waals surface area contributed by atoms with Crippen LogP contribution in [-0.4, -0.2) is 50.6 Å². The summed E-state index contributed by atoms with van der Waals surface area (Å²) in [5.41, 5.74) is 1.30. The van der Waals surface area contributed by atoms with E-state index in [9.17, 15) is 22.4 Å². The molecule has 0 bridgehead atoms. The van der Waals surface area contributed by atoms with Crippen molar-refractivity contribution < 1.29 is 27.1 Å². The number of nitrogens with zero attached hydrogens (tertiary/aromatic N) is 1. The average Bonchev–Trinajstić information content (AvgIpc) is 3.10. The highest BCUT2D eigenvalue weighted by molar-refractivity contribution is 7.91. The van der Waals surface area contributed by atoms with Gasteiger partial charge in [0.2, 0.25) is 5.91 Å². The summed E-state index contributed by atoms with van der Waals surface area (Å²) in [6, 6.07) is 4.97. The molecule has 0 radical (unpaired) electrons. The molecule has 2 heterocycles. The monoisotopic (exact) mass is 482 g/mol. The van der Waals surface area contributed by atoms with Crippen molar-refractivity contribution in [1.82, 2.24) is 4.90 Å². The number of anilines is 1. The molecule has 0 aliphatic carbocycles. The fraction of sp³-hybridized carbons (Fsp3) is 0.455. The van der Waals surface area contributed by atoms with Crippen LogP contribution in [-0.2, 0) is 32.3 Å². The number of methoxy groups -OCH3 is 1. The number of carbonyl (C=O) groups excluding carboxylic acids is 2. The molecule has 0 saturated heterocycles. The van der Waals surface area contributed by atoms with Gasteiger partial charge in [0.15, 0.2) is 9.84 Å². The van der Waals surface area contributed by atoms with Crippen molar-refractivity contribution in [3.8, 4) is 0 Å². The number of hydrogen-bond acceptors (Lipinski definition) is 7. The topological polar surface area (TPSA) is 92.8 Å². The van der Waals surface area contributed by atoms with E-state index < -0.39 is 21.6 Å². The Morgan fingerprint density at radius 1 is 1.25 bits per heavy atom. The second kappa shape index (κ2) is 10.1. The van der Waals surface area contributed by atoms with Crippen molar-refractivity contribution >= 4 is 38.1 Å². The summed E-state index contributed by atoms with van der Waals surface area (Å²) < 4.78 is 42.7. The fourth-order valence-electron chi connectivity index (χ4n) is 3.64. The van der Waals surface area contributed by atoms with E-state index in [2.05, 4.69) is 24.1 Å². The number of hydrogen-bond donors (Lipinski definition) is 1. The van der Waals surface area contributed by atoms with Crippen LogP contribution in [0.5, 0.6) is 0 Å². The summed E-state index contributed by atoms with van der Waals surface area (Å²) in [7, 11) is -2.30. The van der Waals surface area contributed by atoms with Crippen LogP contribution in [0.3, 0.4) is 0 Å². The van der Waals surface area contributed by atoms with E-state index >= 15 is 0 Å². The smallest absolute Gasteiger partial charge is 0.341 e. The van der Waals surface area contributed by atoms with Crippen molar-refractivity contribution in [2.75, 3.05) is 24.7 Å². The Morgan fingerprint density at radius 3 is 2.56 bits per heavy atom. The second-order valence-corrected chi connectivity index (χ2v) is 11.2. The lowest BCUT2D eigenvalue weighted by Crippen LogP contribution is -2.35. The molecule has 32 heavy (non-hydrogen) atoms. The van der Waals surface area contributed by atoms with Crippen LogP contribution < -0.4 is 5.32 Å². The number of halogens is 1. The Balaban J connectivity index is 1.67. The van der Waals surface area contributed by atoms with Crippen molar-refractivity contribution in [3.63, 3.8) is 0 Å². The van der Waals surface area contributed by atoms with Crippen LogP contribution in [0.1, 0.15) is 47.5 Å². The largest absolute Gasteiger partial charge is 0.465 e. The van der Waals surface area contributed by atoms with Gasteiger partial charge in [0.25, 0.3) is 0 Å². The van der Waals surface area contributed by atoms with Gasteiger partial charge in [0.05, 0.1) is 23.3 Å². The molecule has 0 atom stereocenters. The van der Waals surface area contributed by atoms with Crippen molar-refractivity contribution in [2.45, 2.75) is 50.6 Å². The maximum Gasteiger partial charge on any atom is 0.341 e. The summed E-state index contributed by atoms with van der Waals surface area (Å²) in [5.74, 6) is -1.61. The first-order valence-electron chi connectivity index (χ1n) is 10.4. The van der Waals surface area contributed by atoms with E-state index in [0.29, 0.717) is 29.6 Å². The van der Waals surface area contributed by atoms with Gasteiger partial charge in [-0.15, -0.1) is 11.3 Å². The molecule has 0 spiro atoms. The normalized spacial score (nSPS) is 14.3. The van der Waals surface area contributed by atoms with E-state index in [0.717, 1.165) is 29.1 Å². The molecule has 1 N–H and O–H groups in total. The maximum absolute atomic E-state index is 13.0. The number of thiophene rings is 1. The number of ether oxygens (including phenoxy) is 1. The van der Waals surface area contributed by atoms with E-state index in [1.807, 2.05) is 0 Å². The number of nitrogens with one attached hydrogen (secondary N) is 1. The first kappa shape index (κ1) is 24.3. The predicted molar refractivity (Wildman–Crippen MR) is 121 cm³/mol. The molecule has 1 aliphatic heterocycles. The number of amides is 1. The summed E-state index contributed by atoms with van der Waals surface area (Å²) in [6.45, 7) is 5.75. The Hall–Kier alpha value is -2.30. The molecule has 3 rings (SSSR count). The molecule has 0 saturated carbocycles. The molecule has 7 nitrogen and oxygen atoms in total. The first-order valence-corrected chi connectivity index (χ1v) is 12.8. The highest BCUT2D eigenvalue weighted by Crippen LogP contribution is 2.38. The molecular formula is C22H27FN2O5S2. The number of rotatable bonds is 8. The molecule has 174 valence electrons. The molecule has 10 heteroatoms. The van der Waals surface area contributed by atoms with Crippen molar-refractivity contribution in [3.05, 3.63) is 46.1 Å². The molecule has 1 aliphatic rings. The Labute approximate surface area is 191 Å². The van der Waals surface area contributed by atoms with E-state index in [1.54, 1.807) is 0 Å². The lowest BCUT2D eigenvalue weighted by Gasteiger charge is -2.30. The van der Waals surface area contributed by atoms with Gasteiger partial charge in [-0.2, -0.15) is 0 Å². The number of benzene rings is 1. The van der Waals surface area contributed by atoms with Crippen molar-refractivity contribution in [1.29, 1.82) is 0 Å². The fourth-order valence-corrected chi connectivity index (χ4v) is 6.23. The number of esters is 1. The van der Waals surface area contributed by atoms with E-state index in [4.69, 9.17) is 4.74 Å². The molecule has 0 unspecified atom stereocenters. The Kier molecular flexibility index (Phi) is 7.68. The molecule has 2 aromatic rings. The summed E-state index contributed by atoms with van der Waals surface area (Å²) in [6.07, 6.45) is 0.771. The zero-order chi connectivity index (χ0) is 23.5. The number of sulfone groups is 1.